The summed E-state index contributed by atoms with van der Waals surface area (Å²) in [6, 6.07) is 7.09. The fourth-order valence-electron chi connectivity index (χ4n) is 1.39. The molecule has 82 valence electrons. The van der Waals surface area contributed by atoms with E-state index in [4.69, 9.17) is 18.0 Å². The van der Waals surface area contributed by atoms with Crippen molar-refractivity contribution in [1.82, 2.24) is 15.0 Å². The fourth-order valence-corrected chi connectivity index (χ4v) is 1.48. The number of fused-ring (bicyclic) bond motifs is 1. The van der Waals surface area contributed by atoms with Crippen LogP contribution in [0.25, 0.3) is 10.9 Å². The van der Waals surface area contributed by atoms with Gasteiger partial charge in [-0.15, -0.1) is 5.10 Å². The minimum absolute atomic E-state index is 0.165. The highest BCUT2D eigenvalue weighted by molar-refractivity contribution is 7.80. The van der Waals surface area contributed by atoms with Gasteiger partial charge in [-0.05, 0) is 12.1 Å². The topological polar surface area (TPSA) is 73.8 Å². The minimum Gasteiger partial charge on any atom is -0.393 e. The van der Waals surface area contributed by atoms with Crippen LogP contribution in [-0.2, 0) is 6.54 Å². The molecule has 0 aliphatic rings. The first-order chi connectivity index (χ1) is 7.68. The molecular formula is C10H10N4OS. The second-order valence-electron chi connectivity index (χ2n) is 3.35. The first-order valence-corrected chi connectivity index (χ1v) is 5.20. The predicted molar refractivity (Wildman–Crippen MR) is 65.2 cm³/mol. The van der Waals surface area contributed by atoms with Crippen LogP contribution in [0.2, 0.25) is 0 Å². The Morgan fingerprint density at radius 2 is 2.19 bits per heavy atom. The van der Waals surface area contributed by atoms with Gasteiger partial charge in [0.1, 0.15) is 5.52 Å². The van der Waals surface area contributed by atoms with Gasteiger partial charge in [-0.1, -0.05) is 29.6 Å². The van der Waals surface area contributed by atoms with Crippen LogP contribution >= 0.6 is 12.2 Å². The van der Waals surface area contributed by atoms with Gasteiger partial charge in [-0.25, -0.2) is 4.68 Å². The van der Waals surface area contributed by atoms with Gasteiger partial charge in [0.2, 0.25) is 0 Å². The summed E-state index contributed by atoms with van der Waals surface area (Å²) in [6.07, 6.45) is 0.447. The molecule has 0 aliphatic carbocycles. The standard InChI is InChI=1S/C10H10N4OS/c11-9(16)5-6-14-10(15)7-3-1-2-4-8(7)12-13-14/h1-4H,5-6H2,(H2,11,16). The van der Waals surface area contributed by atoms with E-state index in [1.54, 1.807) is 18.2 Å². The van der Waals surface area contributed by atoms with Crippen molar-refractivity contribution in [3.05, 3.63) is 34.6 Å². The lowest BCUT2D eigenvalue weighted by Gasteiger charge is -2.03. The van der Waals surface area contributed by atoms with Gasteiger partial charge in [0, 0.05) is 6.42 Å². The fraction of sp³-hybridized carbons (Fsp3) is 0.200. The van der Waals surface area contributed by atoms with Crippen molar-refractivity contribution in [2.24, 2.45) is 5.73 Å². The number of hydrogen-bond acceptors (Lipinski definition) is 4. The molecule has 0 saturated carbocycles. The van der Waals surface area contributed by atoms with E-state index in [-0.39, 0.29) is 5.56 Å². The summed E-state index contributed by atoms with van der Waals surface area (Å²) in [5, 5.41) is 8.32. The Kier molecular flexibility index (Phi) is 2.91. The number of hydrogen-bond donors (Lipinski definition) is 1. The van der Waals surface area contributed by atoms with Gasteiger partial charge in [-0.3, -0.25) is 4.79 Å². The Bertz CT molecular complexity index is 593. The smallest absolute Gasteiger partial charge is 0.277 e. The van der Waals surface area contributed by atoms with Crippen molar-refractivity contribution in [2.75, 3.05) is 0 Å². The summed E-state index contributed by atoms with van der Waals surface area (Å²) < 4.78 is 1.28. The van der Waals surface area contributed by atoms with Crippen LogP contribution in [0, 0.1) is 0 Å². The summed E-state index contributed by atoms with van der Waals surface area (Å²) in [5.41, 5.74) is 5.80. The van der Waals surface area contributed by atoms with Gasteiger partial charge >= 0.3 is 0 Å². The number of aromatic nitrogens is 3. The van der Waals surface area contributed by atoms with Crippen molar-refractivity contribution in [2.45, 2.75) is 13.0 Å². The molecule has 16 heavy (non-hydrogen) atoms. The number of benzene rings is 1. The zero-order valence-electron chi connectivity index (χ0n) is 8.46. The van der Waals surface area contributed by atoms with Gasteiger partial charge < -0.3 is 5.73 Å². The SMILES string of the molecule is NC(=S)CCn1nnc2ccccc2c1=O. The second kappa shape index (κ2) is 4.36. The van der Waals surface area contributed by atoms with E-state index in [0.717, 1.165) is 0 Å². The molecule has 2 aromatic rings. The second-order valence-corrected chi connectivity index (χ2v) is 3.88. The molecule has 0 atom stereocenters. The molecule has 2 rings (SSSR count). The Morgan fingerprint density at radius 1 is 1.44 bits per heavy atom. The molecule has 0 amide bonds. The molecule has 2 N–H and O–H groups in total. The molecule has 1 aromatic heterocycles. The summed E-state index contributed by atoms with van der Waals surface area (Å²) in [4.78, 5) is 12.3. The highest BCUT2D eigenvalue weighted by Crippen LogP contribution is 2.03. The van der Waals surface area contributed by atoms with Crippen LogP contribution in [-0.4, -0.2) is 20.0 Å². The summed E-state index contributed by atoms with van der Waals surface area (Å²) >= 11 is 4.75. The third-order valence-corrected chi connectivity index (χ3v) is 2.40. The maximum Gasteiger partial charge on any atom is 0.277 e. The van der Waals surface area contributed by atoms with Crippen molar-refractivity contribution < 1.29 is 0 Å². The number of nitrogens with zero attached hydrogens (tertiary/aromatic N) is 3. The molecule has 0 spiro atoms. The first kappa shape index (κ1) is 10.7. The van der Waals surface area contributed by atoms with Crippen LogP contribution in [0.5, 0.6) is 0 Å². The lowest BCUT2D eigenvalue weighted by Crippen LogP contribution is -2.26. The van der Waals surface area contributed by atoms with Crippen molar-refractivity contribution in [3.8, 4) is 0 Å². The van der Waals surface area contributed by atoms with Gasteiger partial charge in [0.25, 0.3) is 5.56 Å². The molecule has 0 fully saturated rings. The van der Waals surface area contributed by atoms with E-state index >= 15 is 0 Å². The minimum atomic E-state index is -0.165. The quantitative estimate of drug-likeness (QED) is 0.781. The molecule has 1 aromatic carbocycles. The molecule has 0 unspecified atom stereocenters. The largest absolute Gasteiger partial charge is 0.393 e. The Morgan fingerprint density at radius 3 is 2.94 bits per heavy atom. The predicted octanol–water partition coefficient (Wildman–Crippen LogP) is 0.468. The Labute approximate surface area is 96.9 Å². The molecule has 0 bridgehead atoms. The lowest BCUT2D eigenvalue weighted by atomic mass is 10.2. The van der Waals surface area contributed by atoms with Gasteiger partial charge in [0.15, 0.2) is 0 Å². The van der Waals surface area contributed by atoms with Crippen LogP contribution in [0.4, 0.5) is 0 Å². The molecule has 5 nitrogen and oxygen atoms in total. The van der Waals surface area contributed by atoms with E-state index in [1.165, 1.54) is 4.68 Å². The van der Waals surface area contributed by atoms with Crippen LogP contribution < -0.4 is 11.3 Å². The number of rotatable bonds is 3. The number of aryl methyl sites for hydroxylation is 1. The molecule has 0 radical (unpaired) electrons. The maximum absolute atomic E-state index is 11.9. The monoisotopic (exact) mass is 234 g/mol. The van der Waals surface area contributed by atoms with Crippen LogP contribution in [0.15, 0.2) is 29.1 Å². The Balaban J connectivity index is 2.45. The third-order valence-electron chi connectivity index (χ3n) is 2.20. The van der Waals surface area contributed by atoms with E-state index in [2.05, 4.69) is 10.3 Å². The van der Waals surface area contributed by atoms with E-state index < -0.39 is 0 Å². The molecule has 6 heteroatoms. The van der Waals surface area contributed by atoms with E-state index in [0.29, 0.717) is 28.9 Å². The number of thiocarbonyl (C=S) groups is 1. The van der Waals surface area contributed by atoms with Gasteiger partial charge in [-0.2, -0.15) is 0 Å². The van der Waals surface area contributed by atoms with Crippen LogP contribution in [0.3, 0.4) is 0 Å². The van der Waals surface area contributed by atoms with Crippen molar-refractivity contribution >= 4 is 28.1 Å². The average molecular weight is 234 g/mol. The molecule has 1 heterocycles. The molecular weight excluding hydrogens is 224 g/mol. The van der Waals surface area contributed by atoms with Gasteiger partial charge in [0.05, 0.1) is 16.9 Å². The number of nitrogens with two attached hydrogens (primary N) is 1. The summed E-state index contributed by atoms with van der Waals surface area (Å²) in [5.74, 6) is 0. The Hall–Kier alpha value is -1.82. The van der Waals surface area contributed by atoms with Crippen molar-refractivity contribution in [1.29, 1.82) is 0 Å². The first-order valence-electron chi connectivity index (χ1n) is 4.79. The third kappa shape index (κ3) is 2.06. The molecule has 0 saturated heterocycles. The lowest BCUT2D eigenvalue weighted by molar-refractivity contribution is 0.563. The molecule has 0 aliphatic heterocycles. The van der Waals surface area contributed by atoms with Crippen molar-refractivity contribution in [3.63, 3.8) is 0 Å². The van der Waals surface area contributed by atoms with E-state index in [9.17, 15) is 4.79 Å². The maximum atomic E-state index is 11.9. The average Bonchev–Trinajstić information content (AvgIpc) is 2.28. The summed E-state index contributed by atoms with van der Waals surface area (Å²) in [7, 11) is 0. The zero-order chi connectivity index (χ0) is 11.5. The highest BCUT2D eigenvalue weighted by atomic mass is 32.1. The normalized spacial score (nSPS) is 10.5. The summed E-state index contributed by atoms with van der Waals surface area (Å²) in [6.45, 7) is 0.367. The zero-order valence-corrected chi connectivity index (χ0v) is 9.28. The van der Waals surface area contributed by atoms with Crippen LogP contribution in [0.1, 0.15) is 6.42 Å². The van der Waals surface area contributed by atoms with E-state index in [1.807, 2.05) is 6.07 Å². The highest BCUT2D eigenvalue weighted by Gasteiger charge is 2.04.